The number of thioether (sulfide) groups is 1. The molecule has 2 unspecified atom stereocenters. The lowest BCUT2D eigenvalue weighted by atomic mass is 10.3. The van der Waals surface area contributed by atoms with Gasteiger partial charge in [-0.25, -0.2) is 4.99 Å². The quantitative estimate of drug-likeness (QED) is 0.736. The summed E-state index contributed by atoms with van der Waals surface area (Å²) in [5.41, 5.74) is 0. The number of nitrogens with one attached hydrogen (secondary N) is 1. The summed E-state index contributed by atoms with van der Waals surface area (Å²) in [4.78, 5) is 7.78. The van der Waals surface area contributed by atoms with Crippen LogP contribution in [0.5, 0.6) is 0 Å². The number of fused-ring (bicyclic) bond motifs is 1. The van der Waals surface area contributed by atoms with Crippen molar-refractivity contribution >= 4 is 30.2 Å². The van der Waals surface area contributed by atoms with Gasteiger partial charge in [0.2, 0.25) is 0 Å². The standard InChI is InChI=1S/C10H15N3S2/c1-3-15-10-9(11-2)12-8-5-4-7(14)6-13(8)10/h4-6,9-11,14H,3H2,1-2H3. The number of aliphatic imine (C=N–C) groups is 1. The zero-order chi connectivity index (χ0) is 10.8. The third-order valence-corrected chi connectivity index (χ3v) is 3.81. The van der Waals surface area contributed by atoms with Crippen LogP contribution in [-0.2, 0) is 0 Å². The highest BCUT2D eigenvalue weighted by molar-refractivity contribution is 7.99. The minimum absolute atomic E-state index is 0.171. The molecule has 82 valence electrons. The first-order chi connectivity index (χ1) is 7.26. The minimum atomic E-state index is 0.171. The second-order valence-corrected chi connectivity index (χ2v) is 5.27. The summed E-state index contributed by atoms with van der Waals surface area (Å²) < 4.78 is 0. The Morgan fingerprint density at radius 3 is 3.07 bits per heavy atom. The average Bonchev–Trinajstić information content (AvgIpc) is 2.57. The van der Waals surface area contributed by atoms with Gasteiger partial charge in [-0.3, -0.25) is 5.32 Å². The van der Waals surface area contributed by atoms with Crippen LogP contribution < -0.4 is 5.32 Å². The number of thiol groups is 1. The molecule has 0 aromatic heterocycles. The molecule has 0 amide bonds. The van der Waals surface area contributed by atoms with Crippen LogP contribution in [0.2, 0.25) is 0 Å². The van der Waals surface area contributed by atoms with Crippen LogP contribution in [0.15, 0.2) is 28.2 Å². The highest BCUT2D eigenvalue weighted by atomic mass is 32.2. The van der Waals surface area contributed by atoms with Gasteiger partial charge in [0.15, 0.2) is 0 Å². The summed E-state index contributed by atoms with van der Waals surface area (Å²) in [7, 11) is 1.95. The number of likely N-dealkylation sites (N-methyl/N-ethyl adjacent to an activating group) is 1. The van der Waals surface area contributed by atoms with Gasteiger partial charge in [-0.05, 0) is 25.0 Å². The molecule has 2 heterocycles. The molecule has 3 nitrogen and oxygen atoms in total. The molecule has 2 rings (SSSR count). The first kappa shape index (κ1) is 11.1. The normalized spacial score (nSPS) is 28.9. The monoisotopic (exact) mass is 241 g/mol. The molecular weight excluding hydrogens is 226 g/mol. The Morgan fingerprint density at radius 1 is 1.60 bits per heavy atom. The Hall–Kier alpha value is -0.390. The molecular formula is C10H15N3S2. The highest BCUT2D eigenvalue weighted by Gasteiger charge is 2.34. The molecule has 5 heteroatoms. The summed E-state index contributed by atoms with van der Waals surface area (Å²) in [5, 5.41) is 3.58. The van der Waals surface area contributed by atoms with E-state index >= 15 is 0 Å². The Morgan fingerprint density at radius 2 is 2.40 bits per heavy atom. The summed E-state index contributed by atoms with van der Waals surface area (Å²) in [6.45, 7) is 2.17. The number of hydrogen-bond acceptors (Lipinski definition) is 5. The smallest absolute Gasteiger partial charge is 0.132 e. The van der Waals surface area contributed by atoms with Crippen LogP contribution in [0.1, 0.15) is 6.92 Å². The van der Waals surface area contributed by atoms with Crippen molar-refractivity contribution in [2.75, 3.05) is 12.8 Å². The van der Waals surface area contributed by atoms with Crippen LogP contribution in [0.3, 0.4) is 0 Å². The first-order valence-electron chi connectivity index (χ1n) is 5.00. The summed E-state index contributed by atoms with van der Waals surface area (Å²) in [6, 6.07) is 0. The fourth-order valence-corrected chi connectivity index (χ4v) is 2.97. The van der Waals surface area contributed by atoms with Crippen molar-refractivity contribution in [3.05, 3.63) is 23.3 Å². The number of amidine groups is 1. The first-order valence-corrected chi connectivity index (χ1v) is 6.49. The van der Waals surface area contributed by atoms with E-state index in [1.807, 2.05) is 37.2 Å². The molecule has 0 aromatic rings. The van der Waals surface area contributed by atoms with E-state index in [1.54, 1.807) is 0 Å². The molecule has 0 aromatic carbocycles. The summed E-state index contributed by atoms with van der Waals surface area (Å²) in [5.74, 6) is 2.11. The Bertz CT molecular complexity index is 336. The molecule has 0 aliphatic carbocycles. The van der Waals surface area contributed by atoms with E-state index in [0.29, 0.717) is 5.37 Å². The largest absolute Gasteiger partial charge is 0.316 e. The van der Waals surface area contributed by atoms with Crippen molar-refractivity contribution in [3.8, 4) is 0 Å². The molecule has 0 spiro atoms. The molecule has 2 aliphatic heterocycles. The number of hydrogen-bond donors (Lipinski definition) is 2. The molecule has 2 aliphatic rings. The van der Waals surface area contributed by atoms with Crippen molar-refractivity contribution in [1.29, 1.82) is 0 Å². The summed E-state index contributed by atoms with van der Waals surface area (Å²) in [6.07, 6.45) is 6.21. The fraction of sp³-hybridized carbons (Fsp3) is 0.500. The maximum Gasteiger partial charge on any atom is 0.132 e. The highest BCUT2D eigenvalue weighted by Crippen LogP contribution is 2.30. The van der Waals surface area contributed by atoms with E-state index in [1.165, 1.54) is 0 Å². The van der Waals surface area contributed by atoms with Crippen molar-refractivity contribution < 1.29 is 0 Å². The lowest BCUT2D eigenvalue weighted by Crippen LogP contribution is -2.39. The van der Waals surface area contributed by atoms with E-state index in [2.05, 4.69) is 34.8 Å². The predicted molar refractivity (Wildman–Crippen MR) is 70.3 cm³/mol. The van der Waals surface area contributed by atoms with Gasteiger partial charge in [0, 0.05) is 11.1 Å². The zero-order valence-electron chi connectivity index (χ0n) is 8.84. The van der Waals surface area contributed by atoms with Crippen molar-refractivity contribution in [2.24, 2.45) is 4.99 Å². The summed E-state index contributed by atoms with van der Waals surface area (Å²) >= 11 is 6.25. The molecule has 0 saturated carbocycles. The second-order valence-electron chi connectivity index (χ2n) is 3.36. The lowest BCUT2D eigenvalue weighted by molar-refractivity contribution is 0.460. The molecule has 1 N–H and O–H groups in total. The lowest BCUT2D eigenvalue weighted by Gasteiger charge is -2.27. The second kappa shape index (κ2) is 4.63. The van der Waals surface area contributed by atoms with Crippen molar-refractivity contribution in [3.63, 3.8) is 0 Å². The average molecular weight is 241 g/mol. The van der Waals surface area contributed by atoms with Crippen LogP contribution in [-0.4, -0.2) is 35.1 Å². The Labute approximate surface area is 100 Å². The van der Waals surface area contributed by atoms with Gasteiger partial charge in [0.1, 0.15) is 17.4 Å². The van der Waals surface area contributed by atoms with Gasteiger partial charge >= 0.3 is 0 Å². The fourth-order valence-electron chi connectivity index (χ4n) is 1.72. The van der Waals surface area contributed by atoms with Gasteiger partial charge in [-0.2, -0.15) is 0 Å². The van der Waals surface area contributed by atoms with E-state index in [9.17, 15) is 0 Å². The van der Waals surface area contributed by atoms with E-state index in [-0.39, 0.29) is 6.17 Å². The molecule has 0 saturated heterocycles. The van der Waals surface area contributed by atoms with Gasteiger partial charge in [0.25, 0.3) is 0 Å². The van der Waals surface area contributed by atoms with Gasteiger partial charge < -0.3 is 4.90 Å². The van der Waals surface area contributed by atoms with Gasteiger partial charge in [-0.15, -0.1) is 24.4 Å². The Balaban J connectivity index is 2.22. The Kier molecular flexibility index (Phi) is 3.43. The van der Waals surface area contributed by atoms with E-state index in [0.717, 1.165) is 16.5 Å². The van der Waals surface area contributed by atoms with Gasteiger partial charge in [0.05, 0.1) is 0 Å². The van der Waals surface area contributed by atoms with E-state index in [4.69, 9.17) is 0 Å². The van der Waals surface area contributed by atoms with Crippen molar-refractivity contribution in [2.45, 2.75) is 18.5 Å². The maximum absolute atomic E-state index is 4.61. The van der Waals surface area contributed by atoms with Crippen LogP contribution >= 0.6 is 24.4 Å². The van der Waals surface area contributed by atoms with Gasteiger partial charge in [-0.1, -0.05) is 6.92 Å². The van der Waals surface area contributed by atoms with E-state index < -0.39 is 0 Å². The van der Waals surface area contributed by atoms with Crippen LogP contribution in [0, 0.1) is 0 Å². The van der Waals surface area contributed by atoms with Crippen LogP contribution in [0.4, 0.5) is 0 Å². The zero-order valence-corrected chi connectivity index (χ0v) is 10.6. The molecule has 0 fully saturated rings. The molecule has 2 atom stereocenters. The third kappa shape index (κ3) is 2.09. The maximum atomic E-state index is 4.61. The molecule has 0 bridgehead atoms. The number of rotatable bonds is 3. The minimum Gasteiger partial charge on any atom is -0.316 e. The predicted octanol–water partition coefficient (Wildman–Crippen LogP) is 1.67. The number of nitrogens with zero attached hydrogens (tertiary/aromatic N) is 2. The molecule has 0 radical (unpaired) electrons. The number of allylic oxidation sites excluding steroid dienone is 1. The van der Waals surface area contributed by atoms with Crippen LogP contribution in [0.25, 0.3) is 0 Å². The van der Waals surface area contributed by atoms with Crippen molar-refractivity contribution in [1.82, 2.24) is 10.2 Å². The topological polar surface area (TPSA) is 27.6 Å². The third-order valence-electron chi connectivity index (χ3n) is 2.39. The molecule has 15 heavy (non-hydrogen) atoms. The SMILES string of the molecule is CCSC1C(NC)N=C2C=CC(S)=CN21.